The van der Waals surface area contributed by atoms with Crippen molar-refractivity contribution in [3.05, 3.63) is 52.5 Å². The molecule has 0 aromatic carbocycles. The zero-order valence-electron chi connectivity index (χ0n) is 13.7. The van der Waals surface area contributed by atoms with E-state index < -0.39 is 0 Å². The first-order chi connectivity index (χ1) is 12.9. The van der Waals surface area contributed by atoms with Crippen molar-refractivity contribution in [2.45, 2.75) is 36.2 Å². The van der Waals surface area contributed by atoms with Gasteiger partial charge in [0.25, 0.3) is 5.89 Å². The molecule has 9 heteroatoms. The van der Waals surface area contributed by atoms with Gasteiger partial charge < -0.3 is 13.4 Å². The third-order valence-corrected chi connectivity index (χ3v) is 5.89. The molecule has 0 aliphatic heterocycles. The van der Waals surface area contributed by atoms with Gasteiger partial charge in [0.15, 0.2) is 10.9 Å². The van der Waals surface area contributed by atoms with Crippen LogP contribution < -0.4 is 0 Å². The van der Waals surface area contributed by atoms with Crippen LogP contribution in [0.15, 0.2) is 49.9 Å². The van der Waals surface area contributed by atoms with Crippen LogP contribution >= 0.6 is 23.1 Å². The van der Waals surface area contributed by atoms with E-state index in [-0.39, 0.29) is 0 Å². The molecule has 0 N–H and O–H groups in total. The Bertz CT molecular complexity index is 987. The molecular weight excluding hydrogens is 370 g/mol. The van der Waals surface area contributed by atoms with Crippen molar-refractivity contribution >= 4 is 23.1 Å². The number of hydrogen-bond donors (Lipinski definition) is 0. The van der Waals surface area contributed by atoms with Crippen LogP contribution in [0.2, 0.25) is 0 Å². The minimum absolute atomic E-state index is 0.396. The normalized spacial score (nSPS) is 14.2. The molecular formula is C17H15N5O2S2. The van der Waals surface area contributed by atoms with Crippen LogP contribution in [0, 0.1) is 0 Å². The lowest BCUT2D eigenvalue weighted by Gasteiger charge is -2.07. The summed E-state index contributed by atoms with van der Waals surface area (Å²) in [5, 5.41) is 20.0. The van der Waals surface area contributed by atoms with Gasteiger partial charge >= 0.3 is 0 Å². The van der Waals surface area contributed by atoms with Crippen molar-refractivity contribution in [3.63, 3.8) is 0 Å². The summed E-state index contributed by atoms with van der Waals surface area (Å²) in [5.41, 5.74) is 0. The van der Waals surface area contributed by atoms with E-state index >= 15 is 0 Å². The number of rotatable bonds is 7. The Morgan fingerprint density at radius 1 is 1.15 bits per heavy atom. The van der Waals surface area contributed by atoms with Crippen molar-refractivity contribution < 1.29 is 8.83 Å². The maximum absolute atomic E-state index is 5.67. The predicted molar refractivity (Wildman–Crippen MR) is 97.0 cm³/mol. The Morgan fingerprint density at radius 2 is 2.12 bits per heavy atom. The quantitative estimate of drug-likeness (QED) is 0.441. The standard InChI is InChI=1S/C17H15N5O2S2/c1-4-13(23-7-1)16-20-19-15(24-16)10-26-17-21-18-14(22(17)11-5-6-11)9-12-3-2-8-25-12/h1-4,7-8,11H,5-6,9-10H2. The molecule has 132 valence electrons. The van der Waals surface area contributed by atoms with Crippen LogP contribution in [-0.2, 0) is 12.2 Å². The van der Waals surface area contributed by atoms with E-state index in [1.807, 2.05) is 0 Å². The molecule has 4 aromatic rings. The highest BCUT2D eigenvalue weighted by Crippen LogP contribution is 2.39. The lowest BCUT2D eigenvalue weighted by Crippen LogP contribution is -2.03. The van der Waals surface area contributed by atoms with E-state index in [0.717, 1.165) is 17.4 Å². The van der Waals surface area contributed by atoms with E-state index in [9.17, 15) is 0 Å². The zero-order valence-corrected chi connectivity index (χ0v) is 15.4. The van der Waals surface area contributed by atoms with Crippen LogP contribution in [-0.4, -0.2) is 25.0 Å². The van der Waals surface area contributed by atoms with Gasteiger partial charge in [-0.15, -0.1) is 31.7 Å². The van der Waals surface area contributed by atoms with Gasteiger partial charge in [-0.05, 0) is 36.4 Å². The smallest absolute Gasteiger partial charge is 0.283 e. The van der Waals surface area contributed by atoms with Gasteiger partial charge in [-0.25, -0.2) is 0 Å². The molecule has 0 spiro atoms. The first-order valence-corrected chi connectivity index (χ1v) is 10.2. The number of thiophene rings is 1. The second-order valence-corrected chi connectivity index (χ2v) is 8.00. The third-order valence-electron chi connectivity index (χ3n) is 4.08. The first-order valence-electron chi connectivity index (χ1n) is 8.32. The molecule has 1 aliphatic rings. The van der Waals surface area contributed by atoms with Gasteiger partial charge in [0.1, 0.15) is 5.82 Å². The van der Waals surface area contributed by atoms with Crippen LogP contribution in [0.25, 0.3) is 11.7 Å². The lowest BCUT2D eigenvalue weighted by atomic mass is 10.3. The molecule has 26 heavy (non-hydrogen) atoms. The van der Waals surface area contributed by atoms with E-state index in [1.54, 1.807) is 41.5 Å². The molecule has 5 rings (SSSR count). The third kappa shape index (κ3) is 3.19. The molecule has 0 amide bonds. The van der Waals surface area contributed by atoms with Gasteiger partial charge in [-0.2, -0.15) is 0 Å². The summed E-state index contributed by atoms with van der Waals surface area (Å²) in [6, 6.07) is 8.31. The summed E-state index contributed by atoms with van der Waals surface area (Å²) < 4.78 is 13.2. The minimum Gasteiger partial charge on any atom is -0.459 e. The van der Waals surface area contributed by atoms with Gasteiger partial charge in [0, 0.05) is 17.3 Å². The first kappa shape index (κ1) is 15.8. The molecule has 1 aliphatic carbocycles. The van der Waals surface area contributed by atoms with E-state index in [1.165, 1.54) is 17.7 Å². The SMILES string of the molecule is c1coc(-c2nnc(CSc3nnc(Cc4cccs4)n3C3CC3)o2)c1. The molecule has 0 radical (unpaired) electrons. The molecule has 4 aromatic heterocycles. The highest BCUT2D eigenvalue weighted by Gasteiger charge is 2.30. The molecule has 0 unspecified atom stereocenters. The van der Waals surface area contributed by atoms with Crippen molar-refractivity contribution in [1.29, 1.82) is 0 Å². The second-order valence-electron chi connectivity index (χ2n) is 6.02. The highest BCUT2D eigenvalue weighted by atomic mass is 32.2. The summed E-state index contributed by atoms with van der Waals surface area (Å²) in [4.78, 5) is 1.30. The van der Waals surface area contributed by atoms with E-state index in [2.05, 4.69) is 42.5 Å². The topological polar surface area (TPSA) is 82.8 Å². The fourth-order valence-corrected chi connectivity index (χ4v) is 4.30. The Labute approximate surface area is 157 Å². The summed E-state index contributed by atoms with van der Waals surface area (Å²) in [6.07, 6.45) is 4.78. The average molecular weight is 385 g/mol. The molecule has 0 bridgehead atoms. The lowest BCUT2D eigenvalue weighted by molar-refractivity contribution is 0.494. The van der Waals surface area contributed by atoms with Gasteiger partial charge in [-0.1, -0.05) is 17.8 Å². The van der Waals surface area contributed by atoms with Crippen LogP contribution in [0.1, 0.15) is 35.5 Å². The largest absolute Gasteiger partial charge is 0.459 e. The zero-order chi connectivity index (χ0) is 17.3. The van der Waals surface area contributed by atoms with Crippen LogP contribution in [0.3, 0.4) is 0 Å². The molecule has 1 fully saturated rings. The molecule has 7 nitrogen and oxygen atoms in total. The van der Waals surface area contributed by atoms with Crippen LogP contribution in [0.4, 0.5) is 0 Å². The fourth-order valence-electron chi connectivity index (χ4n) is 2.73. The Balaban J connectivity index is 1.32. The van der Waals surface area contributed by atoms with Gasteiger partial charge in [-0.3, -0.25) is 0 Å². The highest BCUT2D eigenvalue weighted by molar-refractivity contribution is 7.98. The number of furan rings is 1. The van der Waals surface area contributed by atoms with Crippen molar-refractivity contribution in [2.75, 3.05) is 0 Å². The predicted octanol–water partition coefficient (Wildman–Crippen LogP) is 4.20. The number of hydrogen-bond acceptors (Lipinski definition) is 8. The maximum atomic E-state index is 5.67. The molecule has 1 saturated carbocycles. The monoisotopic (exact) mass is 385 g/mol. The molecule has 0 atom stereocenters. The molecule has 4 heterocycles. The van der Waals surface area contributed by atoms with Gasteiger partial charge in [0.2, 0.25) is 5.89 Å². The van der Waals surface area contributed by atoms with Gasteiger partial charge in [0.05, 0.1) is 12.0 Å². The van der Waals surface area contributed by atoms with E-state index in [0.29, 0.717) is 29.3 Å². The maximum Gasteiger partial charge on any atom is 0.283 e. The van der Waals surface area contributed by atoms with Crippen molar-refractivity contribution in [2.24, 2.45) is 0 Å². The molecule has 0 saturated heterocycles. The number of thioether (sulfide) groups is 1. The van der Waals surface area contributed by atoms with E-state index in [4.69, 9.17) is 8.83 Å². The summed E-state index contributed by atoms with van der Waals surface area (Å²) in [6.45, 7) is 0. The number of nitrogens with zero attached hydrogens (tertiary/aromatic N) is 5. The number of aromatic nitrogens is 5. The Kier molecular flexibility index (Phi) is 4.10. The van der Waals surface area contributed by atoms with Crippen molar-refractivity contribution in [3.8, 4) is 11.7 Å². The Hall–Kier alpha value is -2.39. The second kappa shape index (κ2) is 6.73. The van der Waals surface area contributed by atoms with Crippen molar-refractivity contribution in [1.82, 2.24) is 25.0 Å². The fraction of sp³-hybridized carbons (Fsp3) is 0.294. The van der Waals surface area contributed by atoms with Crippen LogP contribution in [0.5, 0.6) is 0 Å². The summed E-state index contributed by atoms with van der Waals surface area (Å²) in [7, 11) is 0. The summed E-state index contributed by atoms with van der Waals surface area (Å²) >= 11 is 3.33. The summed E-state index contributed by atoms with van der Waals surface area (Å²) in [5.74, 6) is 3.10. The minimum atomic E-state index is 0.396. The average Bonchev–Trinajstić information content (AvgIpc) is 3.17. The Morgan fingerprint density at radius 3 is 2.88 bits per heavy atom.